The van der Waals surface area contributed by atoms with E-state index in [0.29, 0.717) is 37.0 Å². The van der Waals surface area contributed by atoms with Gasteiger partial charge < -0.3 is 20.7 Å². The lowest BCUT2D eigenvalue weighted by atomic mass is 9.91. The highest BCUT2D eigenvalue weighted by Crippen LogP contribution is 2.44. The highest BCUT2D eigenvalue weighted by Gasteiger charge is 2.42. The van der Waals surface area contributed by atoms with Crippen molar-refractivity contribution >= 4 is 11.8 Å². The fourth-order valence-corrected chi connectivity index (χ4v) is 4.19. The summed E-state index contributed by atoms with van der Waals surface area (Å²) in [5.74, 6) is 0.528. The van der Waals surface area contributed by atoms with Crippen molar-refractivity contribution in [2.45, 2.75) is 63.6 Å². The molecule has 33 heavy (non-hydrogen) atoms. The van der Waals surface area contributed by atoms with Crippen molar-refractivity contribution in [3.05, 3.63) is 24.3 Å². The van der Waals surface area contributed by atoms with Crippen LogP contribution in [-0.4, -0.2) is 58.3 Å². The molecule has 3 N–H and O–H groups in total. The predicted octanol–water partition coefficient (Wildman–Crippen LogP) is 3.14. The first-order valence-electron chi connectivity index (χ1n) is 11.5. The van der Waals surface area contributed by atoms with Crippen LogP contribution >= 0.6 is 0 Å². The Morgan fingerprint density at radius 2 is 1.97 bits per heavy atom. The van der Waals surface area contributed by atoms with E-state index in [1.807, 2.05) is 0 Å². The number of hydrogen-bond acceptors (Lipinski definition) is 9. The largest absolute Gasteiger partial charge is 0.383 e. The van der Waals surface area contributed by atoms with Gasteiger partial charge >= 0.3 is 0 Å². The number of halogens is 1. The summed E-state index contributed by atoms with van der Waals surface area (Å²) >= 11 is 0. The normalized spacial score (nSPS) is 22.2. The molecule has 176 valence electrons. The van der Waals surface area contributed by atoms with E-state index in [4.69, 9.17) is 4.74 Å². The van der Waals surface area contributed by atoms with Gasteiger partial charge in [-0.3, -0.25) is 0 Å². The summed E-state index contributed by atoms with van der Waals surface area (Å²) in [5, 5.41) is 19.3. The van der Waals surface area contributed by atoms with Crippen molar-refractivity contribution < 1.29 is 9.13 Å². The summed E-state index contributed by atoms with van der Waals surface area (Å²) in [6.45, 7) is 3.34. The van der Waals surface area contributed by atoms with E-state index < -0.39 is 5.82 Å². The van der Waals surface area contributed by atoms with Gasteiger partial charge in [0.2, 0.25) is 5.95 Å². The molecule has 0 amide bonds. The fraction of sp³-hybridized carbons (Fsp3) is 0.609. The van der Waals surface area contributed by atoms with Crippen LogP contribution in [-0.2, 0) is 4.74 Å². The zero-order valence-corrected chi connectivity index (χ0v) is 19.1. The minimum absolute atomic E-state index is 0.0568. The van der Waals surface area contributed by atoms with Gasteiger partial charge in [-0.05, 0) is 51.5 Å². The molecule has 2 heterocycles. The Hall–Kier alpha value is -2.90. The maximum absolute atomic E-state index is 14.5. The molecule has 0 aromatic carbocycles. The second-order valence-electron chi connectivity index (χ2n) is 9.12. The number of nitrogens with one attached hydrogen (secondary N) is 3. The predicted molar refractivity (Wildman–Crippen MR) is 123 cm³/mol. The maximum atomic E-state index is 14.5. The van der Waals surface area contributed by atoms with E-state index in [1.165, 1.54) is 0 Å². The zero-order chi connectivity index (χ0) is 23.3. The first-order valence-corrected chi connectivity index (χ1v) is 11.5. The Bertz CT molecular complexity index is 985. The number of hydrogen-bond donors (Lipinski definition) is 3. The van der Waals surface area contributed by atoms with Crippen LogP contribution in [0.25, 0.3) is 11.5 Å². The van der Waals surface area contributed by atoms with Gasteiger partial charge in [0.25, 0.3) is 0 Å². The molecule has 0 aliphatic heterocycles. The van der Waals surface area contributed by atoms with E-state index in [-0.39, 0.29) is 23.0 Å². The van der Waals surface area contributed by atoms with Crippen LogP contribution in [0.15, 0.2) is 18.5 Å². The molecule has 2 saturated carbocycles. The van der Waals surface area contributed by atoms with Crippen LogP contribution in [0.3, 0.4) is 0 Å². The molecule has 1 atom stereocenters. The number of nitrogens with zero attached hydrogens (tertiary/aromatic N) is 5. The van der Waals surface area contributed by atoms with Crippen molar-refractivity contribution in [1.29, 1.82) is 5.26 Å². The summed E-state index contributed by atoms with van der Waals surface area (Å²) in [5.41, 5.74) is -0.250. The summed E-state index contributed by atoms with van der Waals surface area (Å²) in [4.78, 5) is 17.1. The Balaban J connectivity index is 1.37. The standard InChI is InChI=1S/C23H31FN8O/c1-15(12-33-2)29-16-3-5-17(6-4-16)30-22-27-11-18(24)20(32-22)21-26-10-7-19(31-21)28-14-23(13-25)8-9-23/h7,10-11,15-17,29H,3-6,8-9,12,14H2,1-2H3,(H,26,28,31)(H,27,30,32). The lowest BCUT2D eigenvalue weighted by molar-refractivity contribution is 0.161. The second-order valence-corrected chi connectivity index (χ2v) is 9.12. The van der Waals surface area contributed by atoms with Gasteiger partial charge in [-0.25, -0.2) is 24.3 Å². The lowest BCUT2D eigenvalue weighted by Crippen LogP contribution is -2.43. The molecule has 4 rings (SSSR count). The Kier molecular flexibility index (Phi) is 7.30. The van der Waals surface area contributed by atoms with Gasteiger partial charge in [0, 0.05) is 38.0 Å². The first kappa shape index (κ1) is 23.3. The van der Waals surface area contributed by atoms with Crippen LogP contribution in [0.4, 0.5) is 16.2 Å². The molecule has 2 aromatic rings. The van der Waals surface area contributed by atoms with E-state index in [1.54, 1.807) is 19.4 Å². The number of anilines is 2. The van der Waals surface area contributed by atoms with Crippen LogP contribution in [0.2, 0.25) is 0 Å². The van der Waals surface area contributed by atoms with Crippen LogP contribution in [0.5, 0.6) is 0 Å². The topological polar surface area (TPSA) is 121 Å². The number of rotatable bonds is 10. The Labute approximate surface area is 193 Å². The second kappa shape index (κ2) is 10.4. The van der Waals surface area contributed by atoms with Crippen LogP contribution in [0, 0.1) is 22.6 Å². The van der Waals surface area contributed by atoms with Crippen molar-refractivity contribution in [2.75, 3.05) is 30.9 Å². The van der Waals surface area contributed by atoms with Gasteiger partial charge in [0.1, 0.15) is 11.5 Å². The fourth-order valence-electron chi connectivity index (χ4n) is 4.19. The van der Waals surface area contributed by atoms with E-state index in [0.717, 1.165) is 44.7 Å². The summed E-state index contributed by atoms with van der Waals surface area (Å²) in [7, 11) is 1.71. The SMILES string of the molecule is COCC(C)NC1CCC(Nc2ncc(F)c(-c3nccc(NCC4(C#N)CC4)n3)n2)CC1. The molecule has 2 aromatic heterocycles. The average Bonchev–Trinajstić information content (AvgIpc) is 3.61. The van der Waals surface area contributed by atoms with E-state index in [9.17, 15) is 9.65 Å². The van der Waals surface area contributed by atoms with Crippen molar-refractivity contribution in [2.24, 2.45) is 5.41 Å². The van der Waals surface area contributed by atoms with Crippen molar-refractivity contribution in [1.82, 2.24) is 25.3 Å². The average molecular weight is 455 g/mol. The van der Waals surface area contributed by atoms with Gasteiger partial charge in [0.15, 0.2) is 11.6 Å². The third-order valence-corrected chi connectivity index (χ3v) is 6.31. The van der Waals surface area contributed by atoms with Gasteiger partial charge in [-0.15, -0.1) is 0 Å². The number of methoxy groups -OCH3 is 1. The molecule has 2 fully saturated rings. The number of nitriles is 1. The minimum Gasteiger partial charge on any atom is -0.383 e. The monoisotopic (exact) mass is 454 g/mol. The van der Waals surface area contributed by atoms with Crippen LogP contribution in [0.1, 0.15) is 45.4 Å². The summed E-state index contributed by atoms with van der Waals surface area (Å²) in [6, 6.07) is 5.07. The molecule has 0 bridgehead atoms. The quantitative estimate of drug-likeness (QED) is 0.497. The van der Waals surface area contributed by atoms with Crippen molar-refractivity contribution in [3.8, 4) is 17.6 Å². The van der Waals surface area contributed by atoms with Gasteiger partial charge in [-0.1, -0.05) is 0 Å². The minimum atomic E-state index is -0.576. The number of aromatic nitrogens is 4. The molecule has 1 unspecified atom stereocenters. The maximum Gasteiger partial charge on any atom is 0.223 e. The molecule has 2 aliphatic carbocycles. The highest BCUT2D eigenvalue weighted by atomic mass is 19.1. The lowest BCUT2D eigenvalue weighted by Gasteiger charge is -2.31. The molecular weight excluding hydrogens is 423 g/mol. The zero-order valence-electron chi connectivity index (χ0n) is 19.1. The molecule has 0 spiro atoms. The van der Waals surface area contributed by atoms with Gasteiger partial charge in [-0.2, -0.15) is 5.26 Å². The van der Waals surface area contributed by atoms with Crippen LogP contribution < -0.4 is 16.0 Å². The van der Waals surface area contributed by atoms with Crippen molar-refractivity contribution in [3.63, 3.8) is 0 Å². The first-order chi connectivity index (χ1) is 16.0. The summed E-state index contributed by atoms with van der Waals surface area (Å²) < 4.78 is 19.7. The van der Waals surface area contributed by atoms with Gasteiger partial charge in [0.05, 0.1) is 24.3 Å². The molecule has 10 heteroatoms. The third kappa shape index (κ3) is 6.12. The van der Waals surface area contributed by atoms with E-state index >= 15 is 0 Å². The molecular formula is C23H31FN8O. The summed E-state index contributed by atoms with van der Waals surface area (Å²) in [6.07, 6.45) is 8.52. The molecule has 0 radical (unpaired) electrons. The Morgan fingerprint density at radius 3 is 2.67 bits per heavy atom. The Morgan fingerprint density at radius 1 is 1.21 bits per heavy atom. The smallest absolute Gasteiger partial charge is 0.223 e. The third-order valence-electron chi connectivity index (χ3n) is 6.31. The molecule has 2 aliphatic rings. The molecule has 9 nitrogen and oxygen atoms in total. The molecule has 0 saturated heterocycles. The highest BCUT2D eigenvalue weighted by molar-refractivity contribution is 5.54. The van der Waals surface area contributed by atoms with E-state index in [2.05, 4.69) is 48.9 Å². The number of ether oxygens (including phenoxy) is 1.